The van der Waals surface area contributed by atoms with E-state index < -0.39 is 12.0 Å². The number of rotatable bonds is 5. The van der Waals surface area contributed by atoms with Crippen molar-refractivity contribution in [3.8, 4) is 0 Å². The van der Waals surface area contributed by atoms with Crippen molar-refractivity contribution in [3.63, 3.8) is 0 Å². The average molecular weight is 302 g/mol. The van der Waals surface area contributed by atoms with Crippen LogP contribution in [0.3, 0.4) is 0 Å². The molecule has 0 unspecified atom stereocenters. The second-order valence-corrected chi connectivity index (χ2v) is 5.52. The highest BCUT2D eigenvalue weighted by Crippen LogP contribution is 2.19. The van der Waals surface area contributed by atoms with Gasteiger partial charge in [-0.1, -0.05) is 18.2 Å². The zero-order valence-corrected chi connectivity index (χ0v) is 12.0. The van der Waals surface area contributed by atoms with Gasteiger partial charge >= 0.3 is 5.97 Å². The van der Waals surface area contributed by atoms with Gasteiger partial charge in [0.2, 0.25) is 5.91 Å². The van der Waals surface area contributed by atoms with E-state index in [-0.39, 0.29) is 18.2 Å². The first-order chi connectivity index (χ1) is 10.6. The highest BCUT2D eigenvalue weighted by molar-refractivity contribution is 5.87. The largest absolute Gasteiger partial charge is 0.480 e. The molecule has 1 aliphatic heterocycles. The summed E-state index contributed by atoms with van der Waals surface area (Å²) >= 11 is 0. The normalized spacial score (nSPS) is 19.2. The number of benzene rings is 1. The summed E-state index contributed by atoms with van der Waals surface area (Å²) in [5.41, 5.74) is 1.84. The first-order valence-electron chi connectivity index (χ1n) is 7.31. The van der Waals surface area contributed by atoms with Crippen LogP contribution in [-0.2, 0) is 20.7 Å². The number of hydrogen-bond acceptors (Lipinski definition) is 3. The molecule has 6 nitrogen and oxygen atoms in total. The minimum Gasteiger partial charge on any atom is -0.480 e. The summed E-state index contributed by atoms with van der Waals surface area (Å²) in [6.07, 6.45) is 2.69. The monoisotopic (exact) mass is 302 g/mol. The molecule has 1 aromatic heterocycles. The molecule has 1 fully saturated rings. The molecule has 0 bridgehead atoms. The molecule has 2 aromatic rings. The van der Waals surface area contributed by atoms with Crippen molar-refractivity contribution in [3.05, 3.63) is 36.0 Å². The van der Waals surface area contributed by atoms with Gasteiger partial charge in [0, 0.05) is 30.1 Å². The summed E-state index contributed by atoms with van der Waals surface area (Å²) in [5, 5.41) is 13.0. The maximum Gasteiger partial charge on any atom is 0.326 e. The number of nitrogens with one attached hydrogen (secondary N) is 2. The van der Waals surface area contributed by atoms with Crippen LogP contribution in [0.15, 0.2) is 30.5 Å². The molecule has 0 spiro atoms. The summed E-state index contributed by atoms with van der Waals surface area (Å²) in [6, 6.07) is 6.76. The molecule has 2 atom stereocenters. The number of carboxylic acid groups (broad SMARTS) is 1. The molecule has 1 aliphatic rings. The number of fused-ring (bicyclic) bond motifs is 1. The number of amides is 1. The van der Waals surface area contributed by atoms with E-state index in [1.54, 1.807) is 6.20 Å². The molecule has 1 saturated heterocycles. The number of aromatic amines is 1. The van der Waals surface area contributed by atoms with Crippen LogP contribution in [0.25, 0.3) is 10.9 Å². The molecule has 2 heterocycles. The second kappa shape index (κ2) is 6.19. The van der Waals surface area contributed by atoms with Crippen LogP contribution < -0.4 is 5.32 Å². The van der Waals surface area contributed by atoms with Crippen molar-refractivity contribution < 1.29 is 19.4 Å². The van der Waals surface area contributed by atoms with E-state index >= 15 is 0 Å². The molecule has 0 saturated carbocycles. The third-order valence-corrected chi connectivity index (χ3v) is 4.01. The highest BCUT2D eigenvalue weighted by Gasteiger charge is 2.28. The molecule has 0 aliphatic carbocycles. The lowest BCUT2D eigenvalue weighted by atomic mass is 10.0. The lowest BCUT2D eigenvalue weighted by Crippen LogP contribution is -2.45. The zero-order chi connectivity index (χ0) is 15.5. The molecule has 0 radical (unpaired) electrons. The number of hydrogen-bond donors (Lipinski definition) is 3. The van der Waals surface area contributed by atoms with E-state index in [1.807, 2.05) is 24.3 Å². The van der Waals surface area contributed by atoms with Gasteiger partial charge < -0.3 is 20.1 Å². The fraction of sp³-hybridized carbons (Fsp3) is 0.375. The molecule has 3 rings (SSSR count). The Kier molecular flexibility index (Phi) is 4.11. The Balaban J connectivity index is 1.74. The van der Waals surface area contributed by atoms with Gasteiger partial charge in [0.25, 0.3) is 0 Å². The summed E-state index contributed by atoms with van der Waals surface area (Å²) < 4.78 is 5.17. The molecular formula is C16H18N2O4. The van der Waals surface area contributed by atoms with E-state index in [2.05, 4.69) is 10.3 Å². The van der Waals surface area contributed by atoms with Crippen LogP contribution in [0.4, 0.5) is 0 Å². The molecule has 3 N–H and O–H groups in total. The number of H-pyrrole nitrogens is 1. The first-order valence-corrected chi connectivity index (χ1v) is 7.31. The van der Waals surface area contributed by atoms with Crippen LogP contribution in [0.5, 0.6) is 0 Å². The quantitative estimate of drug-likeness (QED) is 0.776. The number of carbonyl (C=O) groups is 2. The Labute approximate surface area is 127 Å². The Morgan fingerprint density at radius 1 is 1.41 bits per heavy atom. The van der Waals surface area contributed by atoms with Gasteiger partial charge in [-0.25, -0.2) is 4.79 Å². The van der Waals surface area contributed by atoms with Crippen molar-refractivity contribution >= 4 is 22.8 Å². The van der Waals surface area contributed by atoms with Crippen molar-refractivity contribution in [1.82, 2.24) is 10.3 Å². The van der Waals surface area contributed by atoms with Crippen LogP contribution in [0.2, 0.25) is 0 Å². The standard InChI is InChI=1S/C16H18N2O4/c19-15(10-5-6-22-9-10)18-14(16(20)21)7-11-8-17-13-4-2-1-3-12(11)13/h1-4,8,10,14,17H,5-7,9H2,(H,18,19)(H,20,21)/t10-,14+/m1/s1. The van der Waals surface area contributed by atoms with Gasteiger partial charge in [-0.3, -0.25) is 4.79 Å². The Morgan fingerprint density at radius 2 is 2.23 bits per heavy atom. The third-order valence-electron chi connectivity index (χ3n) is 4.01. The molecule has 1 aromatic carbocycles. The van der Waals surface area contributed by atoms with Crippen LogP contribution in [0, 0.1) is 5.92 Å². The maximum absolute atomic E-state index is 12.1. The fourth-order valence-electron chi connectivity index (χ4n) is 2.75. The smallest absolute Gasteiger partial charge is 0.326 e. The summed E-state index contributed by atoms with van der Waals surface area (Å²) in [5.74, 6) is -1.52. The van der Waals surface area contributed by atoms with Gasteiger partial charge in [0.05, 0.1) is 12.5 Å². The van der Waals surface area contributed by atoms with Gasteiger partial charge in [0.1, 0.15) is 6.04 Å². The number of carbonyl (C=O) groups excluding carboxylic acids is 1. The predicted molar refractivity (Wildman–Crippen MR) is 80.5 cm³/mol. The molecule has 116 valence electrons. The predicted octanol–water partition coefficient (Wildman–Crippen LogP) is 1.32. The molecular weight excluding hydrogens is 284 g/mol. The third kappa shape index (κ3) is 2.96. The van der Waals surface area contributed by atoms with Gasteiger partial charge in [-0.2, -0.15) is 0 Å². The zero-order valence-electron chi connectivity index (χ0n) is 12.0. The minimum absolute atomic E-state index is 0.246. The van der Waals surface area contributed by atoms with Crippen molar-refractivity contribution in [2.75, 3.05) is 13.2 Å². The lowest BCUT2D eigenvalue weighted by molar-refractivity contribution is -0.142. The van der Waals surface area contributed by atoms with Crippen molar-refractivity contribution in [1.29, 1.82) is 0 Å². The van der Waals surface area contributed by atoms with E-state index in [0.717, 1.165) is 16.5 Å². The Hall–Kier alpha value is -2.34. The Bertz CT molecular complexity index is 688. The highest BCUT2D eigenvalue weighted by atomic mass is 16.5. The topological polar surface area (TPSA) is 91.4 Å². The van der Waals surface area contributed by atoms with Crippen LogP contribution in [0.1, 0.15) is 12.0 Å². The Morgan fingerprint density at radius 3 is 2.95 bits per heavy atom. The van der Waals surface area contributed by atoms with Crippen LogP contribution >= 0.6 is 0 Å². The van der Waals surface area contributed by atoms with E-state index in [1.165, 1.54) is 0 Å². The number of aromatic nitrogens is 1. The summed E-state index contributed by atoms with van der Waals surface area (Å²) in [6.45, 7) is 0.920. The number of ether oxygens (including phenoxy) is 1. The number of aliphatic carboxylic acids is 1. The van der Waals surface area contributed by atoms with E-state index in [9.17, 15) is 14.7 Å². The number of para-hydroxylation sites is 1. The average Bonchev–Trinajstić information content (AvgIpc) is 3.16. The van der Waals surface area contributed by atoms with Crippen molar-refractivity contribution in [2.45, 2.75) is 18.9 Å². The lowest BCUT2D eigenvalue weighted by Gasteiger charge is -2.16. The minimum atomic E-state index is -1.03. The number of carboxylic acids is 1. The summed E-state index contributed by atoms with van der Waals surface area (Å²) in [7, 11) is 0. The van der Waals surface area contributed by atoms with Crippen LogP contribution in [-0.4, -0.2) is 41.2 Å². The first kappa shape index (κ1) is 14.6. The SMILES string of the molecule is O=C(N[C@@H](Cc1c[nH]c2ccccc12)C(=O)O)[C@@H]1CCOC1. The maximum atomic E-state index is 12.1. The van der Waals surface area contributed by atoms with E-state index in [4.69, 9.17) is 4.74 Å². The fourth-order valence-corrected chi connectivity index (χ4v) is 2.75. The second-order valence-electron chi connectivity index (χ2n) is 5.52. The molecule has 1 amide bonds. The van der Waals surface area contributed by atoms with Gasteiger partial charge in [-0.05, 0) is 18.1 Å². The molecule has 22 heavy (non-hydrogen) atoms. The summed E-state index contributed by atoms with van der Waals surface area (Å²) in [4.78, 5) is 26.7. The van der Waals surface area contributed by atoms with Gasteiger partial charge in [0.15, 0.2) is 0 Å². The molecule has 6 heteroatoms. The van der Waals surface area contributed by atoms with Crippen molar-refractivity contribution in [2.24, 2.45) is 5.92 Å². The van der Waals surface area contributed by atoms with E-state index in [0.29, 0.717) is 19.6 Å². The van der Waals surface area contributed by atoms with Gasteiger partial charge in [-0.15, -0.1) is 0 Å².